The van der Waals surface area contributed by atoms with Crippen LogP contribution >= 0.6 is 0 Å². The minimum atomic E-state index is 0.443. The van der Waals surface area contributed by atoms with Crippen LogP contribution in [0.4, 0.5) is 0 Å². The number of rotatable bonds is 2. The third-order valence-corrected chi connectivity index (χ3v) is 0.978. The van der Waals surface area contributed by atoms with Crippen molar-refractivity contribution in [2.45, 2.75) is 19.9 Å². The van der Waals surface area contributed by atoms with Gasteiger partial charge in [-0.15, -0.1) is 0 Å². The standard InChI is InChI=1S/C5H13N3/c1-5(2)8(4)7-6-3/h5H,1-4H3. The second-order valence-electron chi connectivity index (χ2n) is 1.96. The number of hydrogen-bond donors (Lipinski definition) is 0. The van der Waals surface area contributed by atoms with E-state index < -0.39 is 0 Å². The molecular formula is C5H13N3. The zero-order valence-corrected chi connectivity index (χ0v) is 5.92. The summed E-state index contributed by atoms with van der Waals surface area (Å²) < 4.78 is 0. The Morgan fingerprint density at radius 1 is 1.38 bits per heavy atom. The van der Waals surface area contributed by atoms with Gasteiger partial charge >= 0.3 is 0 Å². The van der Waals surface area contributed by atoms with E-state index >= 15 is 0 Å². The molecule has 3 heteroatoms. The minimum absolute atomic E-state index is 0.443. The number of nitrogens with zero attached hydrogens (tertiary/aromatic N) is 3. The molecule has 0 heterocycles. The maximum absolute atomic E-state index is 3.78. The highest BCUT2D eigenvalue weighted by Crippen LogP contribution is 1.92. The molecule has 0 aliphatic rings. The molecule has 3 nitrogen and oxygen atoms in total. The molecule has 8 heavy (non-hydrogen) atoms. The Morgan fingerprint density at radius 2 is 1.88 bits per heavy atom. The van der Waals surface area contributed by atoms with Crippen molar-refractivity contribution in [1.29, 1.82) is 0 Å². The van der Waals surface area contributed by atoms with Crippen LogP contribution in [0.2, 0.25) is 0 Å². The Balaban J connectivity index is 3.47. The van der Waals surface area contributed by atoms with Gasteiger partial charge in [0, 0.05) is 13.1 Å². The zero-order valence-electron chi connectivity index (χ0n) is 5.92. The molecule has 0 aromatic heterocycles. The fourth-order valence-corrected chi connectivity index (χ4v) is 0.244. The van der Waals surface area contributed by atoms with Gasteiger partial charge in [-0.05, 0) is 13.8 Å². The van der Waals surface area contributed by atoms with E-state index in [4.69, 9.17) is 0 Å². The van der Waals surface area contributed by atoms with E-state index in [9.17, 15) is 0 Å². The summed E-state index contributed by atoms with van der Waals surface area (Å²) in [6.45, 7) is 4.13. The van der Waals surface area contributed by atoms with E-state index in [0.717, 1.165) is 0 Å². The van der Waals surface area contributed by atoms with E-state index in [1.807, 2.05) is 7.05 Å². The Morgan fingerprint density at radius 3 is 2.00 bits per heavy atom. The monoisotopic (exact) mass is 115 g/mol. The quantitative estimate of drug-likeness (QED) is 0.394. The van der Waals surface area contributed by atoms with Crippen LogP contribution in [0, 0.1) is 0 Å². The van der Waals surface area contributed by atoms with Gasteiger partial charge in [-0.25, -0.2) is 0 Å². The van der Waals surface area contributed by atoms with Gasteiger partial charge in [-0.1, -0.05) is 5.22 Å². The first-order chi connectivity index (χ1) is 3.68. The van der Waals surface area contributed by atoms with Crippen molar-refractivity contribution in [3.63, 3.8) is 0 Å². The largest absolute Gasteiger partial charge is 0.279 e. The fraction of sp³-hybridized carbons (Fsp3) is 1.00. The highest BCUT2D eigenvalue weighted by atomic mass is 15.5. The van der Waals surface area contributed by atoms with Gasteiger partial charge in [0.05, 0.1) is 7.05 Å². The molecule has 0 aliphatic carbocycles. The average molecular weight is 115 g/mol. The SMILES string of the molecule is CN=NN(C)C(C)C. The predicted molar refractivity (Wildman–Crippen MR) is 33.7 cm³/mol. The normalized spacial score (nSPS) is 11.1. The summed E-state index contributed by atoms with van der Waals surface area (Å²) in [4.78, 5) is 0. The first kappa shape index (κ1) is 7.40. The maximum Gasteiger partial charge on any atom is 0.0509 e. The summed E-state index contributed by atoms with van der Waals surface area (Å²) in [5, 5.41) is 9.20. The van der Waals surface area contributed by atoms with Crippen LogP contribution in [-0.2, 0) is 0 Å². The summed E-state index contributed by atoms with van der Waals surface area (Å²) in [7, 11) is 3.57. The molecule has 0 amide bonds. The van der Waals surface area contributed by atoms with Crippen molar-refractivity contribution in [3.8, 4) is 0 Å². The Hall–Kier alpha value is -0.600. The van der Waals surface area contributed by atoms with Crippen LogP contribution in [0.1, 0.15) is 13.8 Å². The summed E-state index contributed by atoms with van der Waals surface area (Å²) >= 11 is 0. The van der Waals surface area contributed by atoms with Crippen LogP contribution in [0.15, 0.2) is 10.3 Å². The molecule has 0 unspecified atom stereocenters. The molecule has 0 N–H and O–H groups in total. The average Bonchev–Trinajstić information content (AvgIpc) is 1.67. The molecule has 0 atom stereocenters. The van der Waals surface area contributed by atoms with Gasteiger partial charge in [-0.3, -0.25) is 5.01 Å². The summed E-state index contributed by atoms with van der Waals surface area (Å²) in [5.74, 6) is 0. The predicted octanol–water partition coefficient (Wildman–Crippen LogP) is 1.32. The second kappa shape index (κ2) is 3.41. The second-order valence-corrected chi connectivity index (χ2v) is 1.96. The molecule has 0 saturated heterocycles. The van der Waals surface area contributed by atoms with Crippen molar-refractivity contribution in [1.82, 2.24) is 5.01 Å². The van der Waals surface area contributed by atoms with E-state index in [1.54, 1.807) is 12.1 Å². The fourth-order valence-electron chi connectivity index (χ4n) is 0.244. The van der Waals surface area contributed by atoms with Crippen molar-refractivity contribution in [3.05, 3.63) is 0 Å². The van der Waals surface area contributed by atoms with Gasteiger partial charge < -0.3 is 0 Å². The molecule has 0 aromatic carbocycles. The Kier molecular flexibility index (Phi) is 3.15. The highest BCUT2D eigenvalue weighted by Gasteiger charge is 1.95. The lowest BCUT2D eigenvalue weighted by atomic mass is 10.4. The summed E-state index contributed by atoms with van der Waals surface area (Å²) in [6.07, 6.45) is 0. The van der Waals surface area contributed by atoms with Gasteiger partial charge in [0.25, 0.3) is 0 Å². The topological polar surface area (TPSA) is 28.0 Å². The minimum Gasteiger partial charge on any atom is -0.279 e. The molecule has 0 aliphatic heterocycles. The van der Waals surface area contributed by atoms with Crippen LogP contribution in [0.25, 0.3) is 0 Å². The van der Waals surface area contributed by atoms with Crippen molar-refractivity contribution >= 4 is 0 Å². The maximum atomic E-state index is 3.78. The lowest BCUT2D eigenvalue weighted by molar-refractivity contribution is 0.268. The van der Waals surface area contributed by atoms with Gasteiger partial charge in [0.15, 0.2) is 0 Å². The number of hydrogen-bond acceptors (Lipinski definition) is 2. The molecule has 0 bridgehead atoms. The van der Waals surface area contributed by atoms with E-state index in [1.165, 1.54) is 0 Å². The van der Waals surface area contributed by atoms with Crippen molar-refractivity contribution in [2.24, 2.45) is 10.3 Å². The molecule has 0 saturated carbocycles. The molecular weight excluding hydrogens is 102 g/mol. The van der Waals surface area contributed by atoms with Gasteiger partial charge in [0.1, 0.15) is 0 Å². The first-order valence-corrected chi connectivity index (χ1v) is 2.71. The molecule has 0 spiro atoms. The molecule has 0 fully saturated rings. The smallest absolute Gasteiger partial charge is 0.0509 e. The lowest BCUT2D eigenvalue weighted by Crippen LogP contribution is -2.19. The molecule has 0 radical (unpaired) electrons. The van der Waals surface area contributed by atoms with Crippen molar-refractivity contribution in [2.75, 3.05) is 14.1 Å². The Labute approximate surface area is 50.4 Å². The van der Waals surface area contributed by atoms with Gasteiger partial charge in [-0.2, -0.15) is 5.11 Å². The van der Waals surface area contributed by atoms with Crippen LogP contribution in [0.5, 0.6) is 0 Å². The lowest BCUT2D eigenvalue weighted by Gasteiger charge is -2.14. The zero-order chi connectivity index (χ0) is 6.57. The summed E-state index contributed by atoms with van der Waals surface area (Å²) in [6, 6.07) is 0.443. The summed E-state index contributed by atoms with van der Waals surface area (Å²) in [5.41, 5.74) is 0. The van der Waals surface area contributed by atoms with E-state index in [-0.39, 0.29) is 0 Å². The third-order valence-electron chi connectivity index (χ3n) is 0.978. The molecule has 0 aromatic rings. The van der Waals surface area contributed by atoms with E-state index in [2.05, 4.69) is 24.2 Å². The van der Waals surface area contributed by atoms with Gasteiger partial charge in [0.2, 0.25) is 0 Å². The molecule has 0 rings (SSSR count). The Bertz CT molecular complexity index is 77.7. The van der Waals surface area contributed by atoms with Crippen LogP contribution in [0.3, 0.4) is 0 Å². The van der Waals surface area contributed by atoms with Crippen LogP contribution < -0.4 is 0 Å². The van der Waals surface area contributed by atoms with Crippen LogP contribution in [-0.4, -0.2) is 25.1 Å². The third kappa shape index (κ3) is 2.55. The highest BCUT2D eigenvalue weighted by molar-refractivity contribution is 4.46. The first-order valence-electron chi connectivity index (χ1n) is 2.71. The molecule has 48 valence electrons. The van der Waals surface area contributed by atoms with E-state index in [0.29, 0.717) is 6.04 Å². The van der Waals surface area contributed by atoms with Crippen molar-refractivity contribution < 1.29 is 0 Å².